The van der Waals surface area contributed by atoms with Crippen LogP contribution in [0.15, 0.2) is 11.1 Å². The molecule has 1 heterocycles. The third-order valence-electron chi connectivity index (χ3n) is 1.39. The fourth-order valence-corrected chi connectivity index (χ4v) is 2.20. The summed E-state index contributed by atoms with van der Waals surface area (Å²) < 4.78 is 39.0. The molecule has 1 nitrogen and oxygen atoms in total. The summed E-state index contributed by atoms with van der Waals surface area (Å²) in [5.41, 5.74) is 1.28. The summed E-state index contributed by atoms with van der Waals surface area (Å²) in [6, 6.07) is 0. The second-order valence-corrected chi connectivity index (χ2v) is 4.09. The number of halogens is 5. The molecule has 0 saturated carbocycles. The van der Waals surface area contributed by atoms with Gasteiger partial charge in [-0.1, -0.05) is 23.4 Å². The van der Waals surface area contributed by atoms with Crippen molar-refractivity contribution < 1.29 is 17.3 Å². The van der Waals surface area contributed by atoms with Crippen LogP contribution in [0.4, 0.5) is 17.3 Å². The van der Waals surface area contributed by atoms with Gasteiger partial charge in [0.1, 0.15) is 0 Å². The maximum Gasteiger partial charge on any atom is 0.673 e. The Labute approximate surface area is 89.6 Å². The Kier molecular flexibility index (Phi) is 5.74. The van der Waals surface area contributed by atoms with Crippen LogP contribution in [0.5, 0.6) is 0 Å². The van der Waals surface area contributed by atoms with Crippen LogP contribution in [-0.2, 0) is 0 Å². The molecule has 8 heteroatoms. The minimum absolute atomic E-state index is 0.134. The van der Waals surface area contributed by atoms with Crippen LogP contribution in [0.1, 0.15) is 13.8 Å². The summed E-state index contributed by atoms with van der Waals surface area (Å²) in [5.74, 6) is 0. The van der Waals surface area contributed by atoms with E-state index >= 15 is 0 Å². The Morgan fingerprint density at radius 3 is 2.07 bits per heavy atom. The molecule has 0 aromatic rings. The van der Waals surface area contributed by atoms with E-state index in [4.69, 9.17) is 11.6 Å². The molecule has 1 rings (SSSR count). The molecule has 1 aliphatic heterocycles. The normalized spacial score (nSPS) is 21.5. The molecule has 1 unspecified atom stereocenters. The Balaban J connectivity index is 0.000000292. The fourth-order valence-electron chi connectivity index (χ4n) is 0.849. The first-order chi connectivity index (χ1) is 6.25. The van der Waals surface area contributed by atoms with Crippen LogP contribution < -0.4 is 0 Å². The predicted molar refractivity (Wildman–Crippen MR) is 53.6 cm³/mol. The summed E-state index contributed by atoms with van der Waals surface area (Å²) in [6.45, 7) is 5.20. The zero-order chi connectivity index (χ0) is 11.4. The molecule has 0 spiro atoms. The van der Waals surface area contributed by atoms with Gasteiger partial charge in [0, 0.05) is 12.2 Å². The van der Waals surface area contributed by atoms with Gasteiger partial charge in [0.15, 0.2) is 4.83 Å². The van der Waals surface area contributed by atoms with Crippen molar-refractivity contribution in [1.82, 2.24) is 4.90 Å². The smallest absolute Gasteiger partial charge is 0.418 e. The second-order valence-electron chi connectivity index (χ2n) is 2.47. The number of hydrogen-bond donors (Lipinski definition) is 0. The second kappa shape index (κ2) is 5.75. The van der Waals surface area contributed by atoms with Crippen LogP contribution in [0.25, 0.3) is 0 Å². The number of thioether (sulfide) groups is 1. The molecule has 1 atom stereocenters. The van der Waals surface area contributed by atoms with E-state index in [1.807, 2.05) is 0 Å². The van der Waals surface area contributed by atoms with Crippen LogP contribution in [0, 0.1) is 0 Å². The topological polar surface area (TPSA) is 3.24 Å². The summed E-state index contributed by atoms with van der Waals surface area (Å²) in [4.78, 5) is 2.29. The first-order valence-electron chi connectivity index (χ1n) is 3.86. The molecule has 0 aromatic heterocycles. The highest BCUT2D eigenvalue weighted by atomic mass is 35.5. The van der Waals surface area contributed by atoms with Crippen LogP contribution in [0.3, 0.4) is 0 Å². The van der Waals surface area contributed by atoms with Gasteiger partial charge in [-0.15, -0.1) is 0 Å². The number of hydrogen-bond acceptors (Lipinski definition) is 2. The molecule has 0 fully saturated rings. The molecule has 0 amide bonds. The van der Waals surface area contributed by atoms with Crippen LogP contribution in [0.2, 0.25) is 0 Å². The van der Waals surface area contributed by atoms with Crippen LogP contribution >= 0.6 is 23.4 Å². The van der Waals surface area contributed by atoms with E-state index in [0.717, 1.165) is 6.54 Å². The maximum atomic E-state index is 9.75. The number of rotatable bonds is 1. The molecule has 0 aliphatic carbocycles. The molecule has 0 saturated heterocycles. The number of nitrogens with zero attached hydrogens (tertiary/aromatic N) is 1. The molecule has 14 heavy (non-hydrogen) atoms. The summed E-state index contributed by atoms with van der Waals surface area (Å²) >= 11 is 7.58. The van der Waals surface area contributed by atoms with Crippen molar-refractivity contribution in [2.75, 3.05) is 6.54 Å². The lowest BCUT2D eigenvalue weighted by atomic mass is 10.3. The SMILES string of the molecule is CCN1C(C)=CSC1Cl.F[B-](F)(F)F. The molecular formula is C6H10BClF4NS-. The predicted octanol–water partition coefficient (Wildman–Crippen LogP) is 3.74. The molecule has 0 N–H and O–H groups in total. The average molecular weight is 250 g/mol. The Bertz CT molecular complexity index is 204. The van der Waals surface area contributed by atoms with Crippen LogP contribution in [-0.4, -0.2) is 23.5 Å². The van der Waals surface area contributed by atoms with Gasteiger partial charge in [-0.2, -0.15) is 0 Å². The van der Waals surface area contributed by atoms with E-state index in [1.165, 1.54) is 5.70 Å². The van der Waals surface area contributed by atoms with Gasteiger partial charge in [-0.25, -0.2) is 0 Å². The highest BCUT2D eigenvalue weighted by Gasteiger charge is 2.20. The monoisotopic (exact) mass is 250 g/mol. The van der Waals surface area contributed by atoms with Gasteiger partial charge in [0.25, 0.3) is 0 Å². The van der Waals surface area contributed by atoms with E-state index < -0.39 is 7.25 Å². The summed E-state index contributed by atoms with van der Waals surface area (Å²) in [5, 5.41) is 2.10. The van der Waals surface area contributed by atoms with E-state index in [9.17, 15) is 17.3 Å². The first kappa shape index (κ1) is 14.0. The Hall–Kier alpha value is -0.0351. The lowest BCUT2D eigenvalue weighted by Gasteiger charge is -2.20. The van der Waals surface area contributed by atoms with Crippen molar-refractivity contribution in [3.05, 3.63) is 11.1 Å². The quantitative estimate of drug-likeness (QED) is 0.302. The Morgan fingerprint density at radius 1 is 1.50 bits per heavy atom. The van der Waals surface area contributed by atoms with Gasteiger partial charge in [0.2, 0.25) is 0 Å². The lowest BCUT2D eigenvalue weighted by Crippen LogP contribution is -2.22. The minimum Gasteiger partial charge on any atom is -0.418 e. The Morgan fingerprint density at radius 2 is 1.93 bits per heavy atom. The highest BCUT2D eigenvalue weighted by Crippen LogP contribution is 2.32. The standard InChI is InChI=1S/C6H10ClNS.BF4/c1-3-8-5(2)4-9-6(8)7;2-1(3,4)5/h4,6H,3H2,1-2H3;/q;-1. The molecule has 0 aromatic carbocycles. The highest BCUT2D eigenvalue weighted by molar-refractivity contribution is 8.04. The number of allylic oxidation sites excluding steroid dienone is 1. The first-order valence-corrected chi connectivity index (χ1v) is 5.24. The third-order valence-corrected chi connectivity index (χ3v) is 2.89. The van der Waals surface area contributed by atoms with Gasteiger partial charge in [-0.05, 0) is 19.3 Å². The number of alkyl halides is 1. The lowest BCUT2D eigenvalue weighted by molar-refractivity contribution is 0.368. The van der Waals surface area contributed by atoms with E-state index in [1.54, 1.807) is 11.8 Å². The molecule has 0 bridgehead atoms. The molecule has 0 radical (unpaired) electrons. The van der Waals surface area contributed by atoms with Crippen molar-refractivity contribution >= 4 is 30.6 Å². The van der Waals surface area contributed by atoms with Crippen molar-refractivity contribution in [2.45, 2.75) is 18.7 Å². The van der Waals surface area contributed by atoms with Crippen molar-refractivity contribution in [2.24, 2.45) is 0 Å². The van der Waals surface area contributed by atoms with E-state index in [0.29, 0.717) is 0 Å². The molecule has 1 aliphatic rings. The zero-order valence-electron chi connectivity index (χ0n) is 7.68. The fraction of sp³-hybridized carbons (Fsp3) is 0.667. The van der Waals surface area contributed by atoms with Crippen molar-refractivity contribution in [3.8, 4) is 0 Å². The van der Waals surface area contributed by atoms with Gasteiger partial charge in [0.05, 0.1) is 0 Å². The minimum atomic E-state index is -6.00. The van der Waals surface area contributed by atoms with Gasteiger partial charge >= 0.3 is 7.25 Å². The van der Waals surface area contributed by atoms with E-state index in [-0.39, 0.29) is 4.83 Å². The largest absolute Gasteiger partial charge is 0.673 e. The molecular weight excluding hydrogens is 240 g/mol. The van der Waals surface area contributed by atoms with Gasteiger partial charge < -0.3 is 22.2 Å². The van der Waals surface area contributed by atoms with Crippen molar-refractivity contribution in [3.63, 3.8) is 0 Å². The molecule has 84 valence electrons. The zero-order valence-corrected chi connectivity index (χ0v) is 9.26. The summed E-state index contributed by atoms with van der Waals surface area (Å²) in [7, 11) is -6.00. The maximum absolute atomic E-state index is 9.75. The third kappa shape index (κ3) is 6.42. The summed E-state index contributed by atoms with van der Waals surface area (Å²) in [6.07, 6.45) is 0. The van der Waals surface area contributed by atoms with Gasteiger partial charge in [-0.3, -0.25) is 0 Å². The van der Waals surface area contributed by atoms with Crippen molar-refractivity contribution in [1.29, 1.82) is 0 Å². The van der Waals surface area contributed by atoms with E-state index in [2.05, 4.69) is 24.2 Å². The average Bonchev–Trinajstić information content (AvgIpc) is 2.27.